The molecule has 9 nitrogen and oxygen atoms in total. The summed E-state index contributed by atoms with van der Waals surface area (Å²) < 4.78 is 5.48. The molecule has 0 aliphatic carbocycles. The molecule has 1 saturated heterocycles. The Morgan fingerprint density at radius 2 is 2.35 bits per heavy atom. The molecule has 0 radical (unpaired) electrons. The first kappa shape index (κ1) is 13.2. The van der Waals surface area contributed by atoms with E-state index in [0.717, 1.165) is 0 Å². The molecule has 1 fully saturated rings. The van der Waals surface area contributed by atoms with Gasteiger partial charge in [-0.2, -0.15) is 0 Å². The van der Waals surface area contributed by atoms with Crippen LogP contribution in [0.2, 0.25) is 0 Å². The quantitative estimate of drug-likeness (QED) is 0.422. The Bertz CT molecular complexity index is 668. The van der Waals surface area contributed by atoms with E-state index in [9.17, 15) is 9.90 Å². The van der Waals surface area contributed by atoms with Crippen LogP contribution < -0.4 is 11.5 Å². The van der Waals surface area contributed by atoms with E-state index < -0.39 is 24.4 Å². The fourth-order valence-corrected chi connectivity index (χ4v) is 2.42. The second-order valence-corrected chi connectivity index (χ2v) is 4.59. The molecule has 2 aromatic heterocycles. The Morgan fingerprint density at radius 1 is 1.55 bits per heavy atom. The van der Waals surface area contributed by atoms with Gasteiger partial charge in [-0.05, 0) is 6.07 Å². The fraction of sp³-hybridized carbons (Fsp3) is 0.455. The van der Waals surface area contributed by atoms with Crippen molar-refractivity contribution >= 4 is 11.0 Å². The van der Waals surface area contributed by atoms with Crippen molar-refractivity contribution in [3.63, 3.8) is 0 Å². The molecule has 1 aliphatic heterocycles. The number of pyridine rings is 1. The van der Waals surface area contributed by atoms with Gasteiger partial charge in [-0.1, -0.05) is 0 Å². The van der Waals surface area contributed by atoms with Crippen molar-refractivity contribution in [2.24, 2.45) is 5.90 Å². The number of aliphatic hydroxyl groups excluding tert-OH is 2. The second kappa shape index (κ2) is 4.96. The highest BCUT2D eigenvalue weighted by molar-refractivity contribution is 5.73. The van der Waals surface area contributed by atoms with Gasteiger partial charge in [0, 0.05) is 0 Å². The van der Waals surface area contributed by atoms with Gasteiger partial charge in [0.25, 0.3) is 5.56 Å². The van der Waals surface area contributed by atoms with Crippen LogP contribution in [0.1, 0.15) is 11.8 Å². The van der Waals surface area contributed by atoms with E-state index in [4.69, 9.17) is 20.6 Å². The molecule has 6 N–H and O–H groups in total. The molecular formula is C11H14N4O5. The van der Waals surface area contributed by atoms with E-state index in [0.29, 0.717) is 11.2 Å². The minimum atomic E-state index is -1.09. The largest absolute Gasteiger partial charge is 0.394 e. The number of fused-ring (bicyclic) bond motifs is 1. The third kappa shape index (κ3) is 1.92. The lowest BCUT2D eigenvalue weighted by molar-refractivity contribution is -0.0416. The molecule has 2 aromatic rings. The van der Waals surface area contributed by atoms with Gasteiger partial charge in [-0.15, -0.1) is 0 Å². The second-order valence-electron chi connectivity index (χ2n) is 4.59. The highest BCUT2D eigenvalue weighted by Crippen LogP contribution is 2.34. The molecule has 0 aromatic carbocycles. The highest BCUT2D eigenvalue weighted by Gasteiger charge is 2.45. The number of ether oxygens (including phenoxy) is 1. The van der Waals surface area contributed by atoms with Gasteiger partial charge >= 0.3 is 0 Å². The van der Waals surface area contributed by atoms with Crippen LogP contribution in [-0.2, 0) is 9.57 Å². The lowest BCUT2D eigenvalue weighted by Gasteiger charge is -2.17. The normalized spacial score (nSPS) is 30.1. The number of nitrogens with one attached hydrogen (secondary N) is 2. The van der Waals surface area contributed by atoms with Gasteiger partial charge in [0.2, 0.25) is 0 Å². The molecule has 3 heterocycles. The molecule has 1 aliphatic rings. The van der Waals surface area contributed by atoms with Crippen LogP contribution >= 0.6 is 0 Å². The van der Waals surface area contributed by atoms with Gasteiger partial charge in [0.15, 0.2) is 5.52 Å². The lowest BCUT2D eigenvalue weighted by atomic mass is 10.1. The third-order valence-corrected chi connectivity index (χ3v) is 3.42. The number of nitrogens with zero attached hydrogens (tertiary/aromatic N) is 1. The SMILES string of the molecule is NO[C@@H]1[C@H](O)[C@@H](CO)O[C@H]1c1cc2[nH]cnc2c(=O)[nH]1. The molecule has 0 spiro atoms. The van der Waals surface area contributed by atoms with Crippen LogP contribution in [0.4, 0.5) is 0 Å². The maximum Gasteiger partial charge on any atom is 0.276 e. The Hall–Kier alpha value is -1.78. The first-order chi connectivity index (χ1) is 9.65. The number of aromatic nitrogens is 3. The Labute approximate surface area is 112 Å². The van der Waals surface area contributed by atoms with Crippen LogP contribution in [0.25, 0.3) is 11.0 Å². The van der Waals surface area contributed by atoms with Gasteiger partial charge in [-0.3, -0.25) is 9.63 Å². The highest BCUT2D eigenvalue weighted by atomic mass is 16.7. The number of hydrogen-bond acceptors (Lipinski definition) is 7. The van der Waals surface area contributed by atoms with Crippen LogP contribution in [-0.4, -0.2) is 50.1 Å². The zero-order valence-electron chi connectivity index (χ0n) is 10.3. The van der Waals surface area contributed by atoms with Crippen molar-refractivity contribution in [3.8, 4) is 0 Å². The summed E-state index contributed by atoms with van der Waals surface area (Å²) in [6.45, 7) is -0.381. The molecule has 108 valence electrons. The summed E-state index contributed by atoms with van der Waals surface area (Å²) in [5, 5.41) is 19.1. The summed E-state index contributed by atoms with van der Waals surface area (Å²) in [5.41, 5.74) is 0.804. The number of aliphatic hydroxyl groups is 2. The minimum Gasteiger partial charge on any atom is -0.394 e. The van der Waals surface area contributed by atoms with Gasteiger partial charge in [0.05, 0.1) is 24.1 Å². The monoisotopic (exact) mass is 282 g/mol. The lowest BCUT2D eigenvalue weighted by Crippen LogP contribution is -2.36. The van der Waals surface area contributed by atoms with E-state index >= 15 is 0 Å². The molecule has 0 amide bonds. The smallest absolute Gasteiger partial charge is 0.276 e. The first-order valence-corrected chi connectivity index (χ1v) is 6.02. The molecule has 0 unspecified atom stereocenters. The standard InChI is InChI=1S/C11H14N4O5/c12-20-10-8(17)6(2-16)19-9(10)5-1-4-7(11(18)15-5)14-3-13-4/h1,3,6,8-10,16-17H,2,12H2,(H,13,14)(H,15,18)/t6-,8-,9+,10-/m1/s1. The van der Waals surface area contributed by atoms with E-state index in [1.807, 2.05) is 0 Å². The molecule has 4 atom stereocenters. The number of nitrogens with two attached hydrogens (primary N) is 1. The number of H-pyrrole nitrogens is 2. The molecular weight excluding hydrogens is 268 g/mol. The predicted octanol–water partition coefficient (Wildman–Crippen LogP) is -1.70. The summed E-state index contributed by atoms with van der Waals surface area (Å²) in [5.74, 6) is 5.17. The summed E-state index contributed by atoms with van der Waals surface area (Å²) in [7, 11) is 0. The average molecular weight is 282 g/mol. The number of hydrogen-bond donors (Lipinski definition) is 5. The summed E-state index contributed by atoms with van der Waals surface area (Å²) in [6.07, 6.45) is -2.18. The van der Waals surface area contributed by atoms with Gasteiger partial charge in [0.1, 0.15) is 24.4 Å². The summed E-state index contributed by atoms with van der Waals surface area (Å²) in [4.78, 5) is 25.9. The van der Waals surface area contributed by atoms with Crippen molar-refractivity contribution in [2.45, 2.75) is 24.4 Å². The average Bonchev–Trinajstić information content (AvgIpc) is 3.02. The van der Waals surface area contributed by atoms with E-state index in [1.54, 1.807) is 6.07 Å². The van der Waals surface area contributed by atoms with E-state index in [1.165, 1.54) is 6.33 Å². The van der Waals surface area contributed by atoms with Gasteiger partial charge in [-0.25, -0.2) is 10.9 Å². The summed E-state index contributed by atoms with van der Waals surface area (Å²) in [6, 6.07) is 1.63. The van der Waals surface area contributed by atoms with Gasteiger partial charge < -0.3 is 24.9 Å². The van der Waals surface area contributed by atoms with Crippen molar-refractivity contribution in [1.29, 1.82) is 0 Å². The fourth-order valence-electron chi connectivity index (χ4n) is 2.42. The molecule has 0 saturated carbocycles. The third-order valence-electron chi connectivity index (χ3n) is 3.42. The number of aromatic amines is 2. The molecule has 0 bridgehead atoms. The maximum atomic E-state index is 11.9. The molecule has 20 heavy (non-hydrogen) atoms. The van der Waals surface area contributed by atoms with Crippen molar-refractivity contribution < 1.29 is 19.8 Å². The summed E-state index contributed by atoms with van der Waals surface area (Å²) >= 11 is 0. The maximum absolute atomic E-state index is 11.9. The zero-order valence-corrected chi connectivity index (χ0v) is 10.3. The van der Waals surface area contributed by atoms with Crippen LogP contribution in [0.3, 0.4) is 0 Å². The number of rotatable bonds is 3. The Kier molecular flexibility index (Phi) is 3.28. The molecule has 9 heteroatoms. The van der Waals surface area contributed by atoms with Crippen LogP contribution in [0.15, 0.2) is 17.2 Å². The van der Waals surface area contributed by atoms with Crippen molar-refractivity contribution in [2.75, 3.05) is 6.61 Å². The topological polar surface area (TPSA) is 146 Å². The minimum absolute atomic E-state index is 0.274. The first-order valence-electron chi connectivity index (χ1n) is 6.02. The van der Waals surface area contributed by atoms with Crippen molar-refractivity contribution in [3.05, 3.63) is 28.4 Å². The Morgan fingerprint density at radius 3 is 3.05 bits per heavy atom. The van der Waals surface area contributed by atoms with Crippen molar-refractivity contribution in [1.82, 2.24) is 15.0 Å². The Balaban J connectivity index is 2.03. The van der Waals surface area contributed by atoms with E-state index in [-0.39, 0.29) is 17.7 Å². The molecule has 3 rings (SSSR count). The van der Waals surface area contributed by atoms with Crippen LogP contribution in [0.5, 0.6) is 0 Å². The predicted molar refractivity (Wildman–Crippen MR) is 66.5 cm³/mol. The zero-order chi connectivity index (χ0) is 14.3. The number of imidazole rings is 1. The van der Waals surface area contributed by atoms with Crippen LogP contribution in [0, 0.1) is 0 Å². The van der Waals surface area contributed by atoms with E-state index in [2.05, 4.69) is 15.0 Å².